The molecule has 0 saturated carbocycles. The van der Waals surface area contributed by atoms with Crippen LogP contribution in [-0.2, 0) is 4.79 Å². The molecule has 0 aromatic carbocycles. The summed E-state index contributed by atoms with van der Waals surface area (Å²) in [4.78, 5) is 34.9. The average Bonchev–Trinajstić information content (AvgIpc) is 2.64. The normalized spacial score (nSPS) is 16.0. The molecule has 7 nitrogen and oxygen atoms in total. The summed E-state index contributed by atoms with van der Waals surface area (Å²) in [6.07, 6.45) is 3.43. The molecule has 104 valence electrons. The van der Waals surface area contributed by atoms with E-state index < -0.39 is 0 Å². The molecule has 0 aliphatic carbocycles. The summed E-state index contributed by atoms with van der Waals surface area (Å²) in [6, 6.07) is 0. The minimum absolute atomic E-state index is 0.0343. The Labute approximate surface area is 118 Å². The summed E-state index contributed by atoms with van der Waals surface area (Å²) in [6.45, 7) is 1.35. The van der Waals surface area contributed by atoms with E-state index in [0.29, 0.717) is 47.0 Å². The van der Waals surface area contributed by atoms with Crippen molar-refractivity contribution in [2.45, 2.75) is 6.42 Å². The number of nitrogens with one attached hydrogen (secondary N) is 1. The Morgan fingerprint density at radius 2 is 2.15 bits per heavy atom. The number of aromatic nitrogens is 2. The van der Waals surface area contributed by atoms with Crippen LogP contribution in [0.25, 0.3) is 10.3 Å². The summed E-state index contributed by atoms with van der Waals surface area (Å²) in [5.74, 6) is -0.197. The Morgan fingerprint density at radius 1 is 1.35 bits per heavy atom. The quantitative estimate of drug-likeness (QED) is 0.783. The molecule has 1 aliphatic heterocycles. The number of anilines is 1. The molecule has 3 N–H and O–H groups in total. The zero-order valence-electron chi connectivity index (χ0n) is 10.6. The van der Waals surface area contributed by atoms with Crippen LogP contribution in [0.3, 0.4) is 0 Å². The van der Waals surface area contributed by atoms with Gasteiger partial charge >= 0.3 is 0 Å². The molecule has 3 rings (SSSR count). The first-order valence-electron chi connectivity index (χ1n) is 6.22. The lowest BCUT2D eigenvalue weighted by Gasteiger charge is -2.18. The SMILES string of the molecule is Nc1c(C(=O)N2CCNC(=O)CC2)sc2nccnc12. The van der Waals surface area contributed by atoms with E-state index in [4.69, 9.17) is 5.73 Å². The van der Waals surface area contributed by atoms with Gasteiger partial charge in [0.25, 0.3) is 5.91 Å². The molecule has 2 amide bonds. The molecule has 8 heteroatoms. The van der Waals surface area contributed by atoms with E-state index in [1.54, 1.807) is 17.3 Å². The second-order valence-corrected chi connectivity index (χ2v) is 5.45. The van der Waals surface area contributed by atoms with E-state index >= 15 is 0 Å². The summed E-state index contributed by atoms with van der Waals surface area (Å²) in [5.41, 5.74) is 6.92. The molecule has 2 aromatic heterocycles. The minimum atomic E-state index is -0.163. The Balaban J connectivity index is 1.92. The van der Waals surface area contributed by atoms with Crippen LogP contribution in [0.5, 0.6) is 0 Å². The number of carbonyl (C=O) groups excluding carboxylic acids is 2. The molecule has 1 aliphatic rings. The van der Waals surface area contributed by atoms with Gasteiger partial charge in [0.15, 0.2) is 0 Å². The standard InChI is InChI=1S/C12H13N5O2S/c13-8-9-11(16-3-2-15-9)20-10(8)12(19)17-5-1-7(18)14-4-6-17/h2-3H,1,4-6,13H2,(H,14,18). The number of nitrogen functional groups attached to an aromatic ring is 1. The van der Waals surface area contributed by atoms with Crippen LogP contribution in [0.4, 0.5) is 5.69 Å². The van der Waals surface area contributed by atoms with Gasteiger partial charge in [-0.15, -0.1) is 11.3 Å². The molecule has 0 spiro atoms. The monoisotopic (exact) mass is 291 g/mol. The third kappa shape index (κ3) is 2.18. The minimum Gasteiger partial charge on any atom is -0.396 e. The van der Waals surface area contributed by atoms with Crippen LogP contribution in [0.15, 0.2) is 12.4 Å². The highest BCUT2D eigenvalue weighted by Gasteiger charge is 2.24. The van der Waals surface area contributed by atoms with E-state index in [1.165, 1.54) is 11.3 Å². The fourth-order valence-electron chi connectivity index (χ4n) is 2.12. The number of nitrogens with two attached hydrogens (primary N) is 1. The zero-order valence-corrected chi connectivity index (χ0v) is 11.4. The molecular formula is C12H13N5O2S. The van der Waals surface area contributed by atoms with Crippen LogP contribution in [0, 0.1) is 0 Å². The Kier molecular flexibility index (Phi) is 3.23. The predicted molar refractivity (Wildman–Crippen MR) is 75.4 cm³/mol. The lowest BCUT2D eigenvalue weighted by atomic mass is 10.3. The van der Waals surface area contributed by atoms with Gasteiger partial charge < -0.3 is 16.0 Å². The Hall–Kier alpha value is -2.22. The topological polar surface area (TPSA) is 101 Å². The maximum atomic E-state index is 12.5. The van der Waals surface area contributed by atoms with Crippen LogP contribution in [0.1, 0.15) is 16.1 Å². The summed E-state index contributed by atoms with van der Waals surface area (Å²) < 4.78 is 0. The van der Waals surface area contributed by atoms with Crippen molar-refractivity contribution in [1.29, 1.82) is 0 Å². The van der Waals surface area contributed by atoms with Crippen molar-refractivity contribution in [1.82, 2.24) is 20.2 Å². The number of hydrogen-bond acceptors (Lipinski definition) is 6. The summed E-state index contributed by atoms with van der Waals surface area (Å²) in [7, 11) is 0. The highest BCUT2D eigenvalue weighted by atomic mass is 32.1. The van der Waals surface area contributed by atoms with Crippen LogP contribution >= 0.6 is 11.3 Å². The van der Waals surface area contributed by atoms with Gasteiger partial charge in [-0.25, -0.2) is 9.97 Å². The first kappa shape index (κ1) is 12.8. The molecule has 0 unspecified atom stereocenters. The van der Waals surface area contributed by atoms with E-state index in [-0.39, 0.29) is 11.8 Å². The van der Waals surface area contributed by atoms with Crippen molar-refractivity contribution >= 4 is 39.2 Å². The summed E-state index contributed by atoms with van der Waals surface area (Å²) >= 11 is 1.24. The molecule has 0 atom stereocenters. The highest BCUT2D eigenvalue weighted by Crippen LogP contribution is 2.31. The fourth-order valence-corrected chi connectivity index (χ4v) is 3.11. The molecular weight excluding hydrogens is 278 g/mol. The maximum absolute atomic E-state index is 12.5. The van der Waals surface area contributed by atoms with Gasteiger partial charge in [-0.3, -0.25) is 9.59 Å². The third-order valence-electron chi connectivity index (χ3n) is 3.16. The van der Waals surface area contributed by atoms with Gasteiger partial charge in [-0.05, 0) is 0 Å². The summed E-state index contributed by atoms with van der Waals surface area (Å²) in [5, 5.41) is 2.74. The maximum Gasteiger partial charge on any atom is 0.266 e. The van der Waals surface area contributed by atoms with Crippen molar-refractivity contribution in [2.24, 2.45) is 0 Å². The van der Waals surface area contributed by atoms with Crippen LogP contribution < -0.4 is 11.1 Å². The molecule has 1 fully saturated rings. The zero-order chi connectivity index (χ0) is 14.1. The number of thiophene rings is 1. The number of nitrogens with zero attached hydrogens (tertiary/aromatic N) is 3. The fraction of sp³-hybridized carbons (Fsp3) is 0.333. The van der Waals surface area contributed by atoms with Crippen molar-refractivity contribution in [3.63, 3.8) is 0 Å². The number of rotatable bonds is 1. The molecule has 1 saturated heterocycles. The van der Waals surface area contributed by atoms with Gasteiger partial charge in [0.05, 0.1) is 5.69 Å². The third-order valence-corrected chi connectivity index (χ3v) is 4.25. The van der Waals surface area contributed by atoms with Gasteiger partial charge in [0.1, 0.15) is 15.2 Å². The Bertz CT molecular complexity index is 684. The number of fused-ring (bicyclic) bond motifs is 1. The number of hydrogen-bond donors (Lipinski definition) is 2. The first-order chi connectivity index (χ1) is 9.66. The first-order valence-corrected chi connectivity index (χ1v) is 7.03. The lowest BCUT2D eigenvalue weighted by Crippen LogP contribution is -2.34. The van der Waals surface area contributed by atoms with E-state index in [2.05, 4.69) is 15.3 Å². The van der Waals surface area contributed by atoms with Gasteiger partial charge in [0, 0.05) is 38.4 Å². The van der Waals surface area contributed by atoms with Crippen molar-refractivity contribution in [3.8, 4) is 0 Å². The van der Waals surface area contributed by atoms with E-state index in [1.807, 2.05) is 0 Å². The smallest absolute Gasteiger partial charge is 0.266 e. The van der Waals surface area contributed by atoms with Crippen LogP contribution in [-0.4, -0.2) is 46.3 Å². The van der Waals surface area contributed by atoms with Gasteiger partial charge in [-0.2, -0.15) is 0 Å². The number of carbonyl (C=O) groups is 2. The van der Waals surface area contributed by atoms with Crippen molar-refractivity contribution < 1.29 is 9.59 Å². The average molecular weight is 291 g/mol. The van der Waals surface area contributed by atoms with Crippen molar-refractivity contribution in [2.75, 3.05) is 25.4 Å². The highest BCUT2D eigenvalue weighted by molar-refractivity contribution is 7.21. The lowest BCUT2D eigenvalue weighted by molar-refractivity contribution is -0.120. The van der Waals surface area contributed by atoms with Crippen molar-refractivity contribution in [3.05, 3.63) is 17.3 Å². The molecule has 2 aromatic rings. The second-order valence-electron chi connectivity index (χ2n) is 4.45. The largest absolute Gasteiger partial charge is 0.396 e. The molecule has 3 heterocycles. The van der Waals surface area contributed by atoms with E-state index in [0.717, 1.165) is 0 Å². The molecule has 0 radical (unpaired) electrons. The molecule has 20 heavy (non-hydrogen) atoms. The van der Waals surface area contributed by atoms with Crippen LogP contribution in [0.2, 0.25) is 0 Å². The molecule has 0 bridgehead atoms. The van der Waals surface area contributed by atoms with Gasteiger partial charge in [-0.1, -0.05) is 0 Å². The van der Waals surface area contributed by atoms with Gasteiger partial charge in [0.2, 0.25) is 5.91 Å². The van der Waals surface area contributed by atoms with E-state index in [9.17, 15) is 9.59 Å². The second kappa shape index (κ2) is 5.04. The Morgan fingerprint density at radius 3 is 2.95 bits per heavy atom. The predicted octanol–water partition coefficient (Wildman–Crippen LogP) is 0.236. The number of amides is 2.